The van der Waals surface area contributed by atoms with Gasteiger partial charge in [0.15, 0.2) is 12.7 Å². The van der Waals surface area contributed by atoms with Crippen LogP contribution in [-0.4, -0.2) is 17.5 Å². The highest BCUT2D eigenvalue weighted by Crippen LogP contribution is 2.62. The van der Waals surface area contributed by atoms with Gasteiger partial charge in [0.05, 0.1) is 6.42 Å². The van der Waals surface area contributed by atoms with Gasteiger partial charge in [0.1, 0.15) is 21.5 Å². The van der Waals surface area contributed by atoms with Gasteiger partial charge in [-0.3, -0.25) is 5.01 Å². The summed E-state index contributed by atoms with van der Waals surface area (Å²) in [5.74, 6) is 0. The quantitative estimate of drug-likeness (QED) is 0.242. The molecule has 5 aromatic carbocycles. The van der Waals surface area contributed by atoms with Gasteiger partial charge in [0.2, 0.25) is 0 Å². The number of hydrogen-bond donors (Lipinski definition) is 0. The zero-order chi connectivity index (χ0) is 25.1. The number of hydrogen-bond acceptors (Lipinski definition) is 2. The van der Waals surface area contributed by atoms with E-state index < -0.39 is 7.26 Å². The molecule has 0 unspecified atom stereocenters. The van der Waals surface area contributed by atoms with Crippen molar-refractivity contribution in [3.8, 4) is 0 Å². The fraction of sp³-hybridized carbons (Fsp3) is 0.0882. The fourth-order valence-electron chi connectivity index (χ4n) is 5.84. The third-order valence-corrected chi connectivity index (χ3v) is 11.8. The van der Waals surface area contributed by atoms with E-state index in [4.69, 9.17) is 5.10 Å². The summed E-state index contributed by atoms with van der Waals surface area (Å²) in [5, 5.41) is 11.7. The van der Waals surface area contributed by atoms with E-state index in [1.54, 1.807) is 0 Å². The molecule has 37 heavy (non-hydrogen) atoms. The third kappa shape index (κ3) is 3.80. The van der Waals surface area contributed by atoms with Crippen molar-refractivity contribution in [2.75, 3.05) is 7.05 Å². The van der Waals surface area contributed by atoms with Crippen molar-refractivity contribution in [2.24, 2.45) is 5.10 Å². The first kappa shape index (κ1) is 23.4. The Morgan fingerprint density at radius 1 is 0.514 bits per heavy atom. The van der Waals surface area contributed by atoms with Crippen LogP contribution in [0.5, 0.6) is 0 Å². The van der Waals surface area contributed by atoms with Crippen LogP contribution in [0.15, 0.2) is 157 Å². The standard InChI is InChI=1S/C34H30N2P/c1-36-34(28-17-7-2-8-18-28,29-19-9-3-10-20-29)27-33(35-36)37(30-21-11-4-12-22-30,31-23-13-5-14-24-31)32-25-15-6-16-26-32/h2-26H,27H2,1H3/q+1. The summed E-state index contributed by atoms with van der Waals surface area (Å²) >= 11 is 0. The minimum Gasteiger partial charge on any atom is -0.281 e. The second kappa shape index (κ2) is 9.81. The highest BCUT2D eigenvalue weighted by atomic mass is 31.2. The smallest absolute Gasteiger partial charge is 0.195 e. The van der Waals surface area contributed by atoms with Crippen LogP contribution >= 0.6 is 7.26 Å². The van der Waals surface area contributed by atoms with Crippen LogP contribution in [0.3, 0.4) is 0 Å². The first-order chi connectivity index (χ1) is 18.3. The Labute approximate surface area is 220 Å². The lowest BCUT2D eigenvalue weighted by Gasteiger charge is -2.36. The molecule has 0 atom stereocenters. The topological polar surface area (TPSA) is 15.6 Å². The predicted molar refractivity (Wildman–Crippen MR) is 159 cm³/mol. The van der Waals surface area contributed by atoms with Crippen molar-refractivity contribution in [1.29, 1.82) is 0 Å². The first-order valence-electron chi connectivity index (χ1n) is 12.7. The molecule has 0 aliphatic carbocycles. The third-order valence-electron chi connectivity index (χ3n) is 7.55. The fourth-order valence-corrected chi connectivity index (χ4v) is 10.2. The molecule has 0 saturated carbocycles. The molecule has 0 radical (unpaired) electrons. The van der Waals surface area contributed by atoms with Crippen LogP contribution in [0.1, 0.15) is 17.5 Å². The van der Waals surface area contributed by atoms with Gasteiger partial charge in [-0.15, -0.1) is 5.10 Å². The van der Waals surface area contributed by atoms with Gasteiger partial charge in [0.25, 0.3) is 0 Å². The molecule has 0 saturated heterocycles. The molecule has 1 aliphatic heterocycles. The summed E-state index contributed by atoms with van der Waals surface area (Å²) < 4.78 is 0. The van der Waals surface area contributed by atoms with E-state index in [2.05, 4.69) is 164 Å². The second-order valence-electron chi connectivity index (χ2n) is 9.49. The van der Waals surface area contributed by atoms with Crippen LogP contribution in [0.4, 0.5) is 0 Å². The average Bonchev–Trinajstić information content (AvgIpc) is 3.34. The molecular weight excluding hydrogens is 467 g/mol. The van der Waals surface area contributed by atoms with Crippen LogP contribution in [-0.2, 0) is 5.54 Å². The van der Waals surface area contributed by atoms with Crippen molar-refractivity contribution in [3.05, 3.63) is 163 Å². The maximum atomic E-state index is 5.50. The second-order valence-corrected chi connectivity index (χ2v) is 12.9. The molecule has 0 fully saturated rings. The maximum absolute atomic E-state index is 5.50. The van der Waals surface area contributed by atoms with Crippen molar-refractivity contribution in [1.82, 2.24) is 5.01 Å². The average molecular weight is 498 g/mol. The van der Waals surface area contributed by atoms with Crippen LogP contribution in [0, 0.1) is 0 Å². The van der Waals surface area contributed by atoms with E-state index in [-0.39, 0.29) is 5.54 Å². The Balaban J connectivity index is 1.65. The highest BCUT2D eigenvalue weighted by Gasteiger charge is 2.58. The summed E-state index contributed by atoms with van der Waals surface area (Å²) in [6.45, 7) is 0. The molecular formula is C34H30N2P+. The monoisotopic (exact) mass is 497 g/mol. The van der Waals surface area contributed by atoms with E-state index in [0.29, 0.717) is 0 Å². The Kier molecular flexibility index (Phi) is 6.20. The Bertz CT molecular complexity index is 1350. The molecule has 0 spiro atoms. The SMILES string of the molecule is CN1N=C([P+](c2ccccc2)(c2ccccc2)c2ccccc2)CC1(c1ccccc1)c1ccccc1. The van der Waals surface area contributed by atoms with Crippen molar-refractivity contribution < 1.29 is 0 Å². The molecule has 180 valence electrons. The summed E-state index contributed by atoms with van der Waals surface area (Å²) in [5.41, 5.74) is 3.37. The summed E-state index contributed by atoms with van der Waals surface area (Å²) in [6, 6.07) is 54.8. The zero-order valence-electron chi connectivity index (χ0n) is 21.0. The van der Waals surface area contributed by atoms with E-state index >= 15 is 0 Å². The maximum Gasteiger partial charge on any atom is 0.195 e. The summed E-state index contributed by atoms with van der Waals surface area (Å²) in [7, 11) is -0.109. The first-order valence-corrected chi connectivity index (χ1v) is 14.5. The molecule has 6 rings (SSSR count). The van der Waals surface area contributed by atoms with Gasteiger partial charge in [-0.25, -0.2) is 0 Å². The molecule has 5 aromatic rings. The summed E-state index contributed by atoms with van der Waals surface area (Å²) in [4.78, 5) is 0. The van der Waals surface area contributed by atoms with E-state index in [9.17, 15) is 0 Å². The van der Waals surface area contributed by atoms with Crippen LogP contribution in [0.25, 0.3) is 0 Å². The van der Waals surface area contributed by atoms with Gasteiger partial charge in [0, 0.05) is 7.05 Å². The van der Waals surface area contributed by atoms with Crippen LogP contribution < -0.4 is 15.9 Å². The molecule has 1 heterocycles. The number of hydrazone groups is 1. The Hall–Kier alpha value is -4.00. The Morgan fingerprint density at radius 2 is 0.838 bits per heavy atom. The zero-order valence-corrected chi connectivity index (χ0v) is 21.9. The summed E-state index contributed by atoms with van der Waals surface area (Å²) in [6.07, 6.45) is 0.810. The largest absolute Gasteiger partial charge is 0.281 e. The van der Waals surface area contributed by atoms with Gasteiger partial charge in [-0.1, -0.05) is 115 Å². The molecule has 2 nitrogen and oxygen atoms in total. The van der Waals surface area contributed by atoms with Gasteiger partial charge in [-0.05, 0) is 47.5 Å². The van der Waals surface area contributed by atoms with Crippen LogP contribution in [0.2, 0.25) is 0 Å². The van der Waals surface area contributed by atoms with Gasteiger partial charge >= 0.3 is 0 Å². The normalized spacial score (nSPS) is 14.8. The number of benzene rings is 5. The molecule has 0 N–H and O–H groups in total. The van der Waals surface area contributed by atoms with Gasteiger partial charge in [-0.2, -0.15) is 0 Å². The minimum absolute atomic E-state index is 0.387. The van der Waals surface area contributed by atoms with Crippen molar-refractivity contribution >= 4 is 28.6 Å². The van der Waals surface area contributed by atoms with Gasteiger partial charge < -0.3 is 0 Å². The van der Waals surface area contributed by atoms with Crippen molar-refractivity contribution in [3.63, 3.8) is 0 Å². The molecule has 0 aromatic heterocycles. The van der Waals surface area contributed by atoms with Crippen molar-refractivity contribution in [2.45, 2.75) is 12.0 Å². The highest BCUT2D eigenvalue weighted by molar-refractivity contribution is 8.08. The molecule has 0 bridgehead atoms. The number of rotatable bonds is 6. The van der Waals surface area contributed by atoms with E-state index in [0.717, 1.165) is 6.42 Å². The number of nitrogens with zero attached hydrogens (tertiary/aromatic N) is 2. The predicted octanol–water partition coefficient (Wildman–Crippen LogP) is 6.57. The minimum atomic E-state index is -2.25. The lowest BCUT2D eigenvalue weighted by atomic mass is 9.80. The van der Waals surface area contributed by atoms with E-state index in [1.807, 2.05) is 0 Å². The lowest BCUT2D eigenvalue weighted by molar-refractivity contribution is 0.198. The van der Waals surface area contributed by atoms with E-state index in [1.165, 1.54) is 32.5 Å². The Morgan fingerprint density at radius 3 is 1.19 bits per heavy atom. The lowest BCUT2D eigenvalue weighted by Crippen LogP contribution is -2.40. The molecule has 1 aliphatic rings. The molecule has 3 heteroatoms. The molecule has 0 amide bonds.